The number of nitrogens with one attached hydrogen (secondary N) is 2. The van der Waals surface area contributed by atoms with Gasteiger partial charge < -0.3 is 10.3 Å². The second kappa shape index (κ2) is 4.93. The average Bonchev–Trinajstić information content (AvgIpc) is 2.81. The normalized spacial score (nSPS) is 17.1. The van der Waals surface area contributed by atoms with Crippen LogP contribution < -0.4 is 5.32 Å². The van der Waals surface area contributed by atoms with Crippen LogP contribution in [0.4, 0.5) is 0 Å². The second-order valence-electron chi connectivity index (χ2n) is 5.19. The molecule has 100 valence electrons. The molecule has 1 amide bonds. The molecule has 0 spiro atoms. The standard InChI is InChI=1S/C15H18N2OS/c1-19-15(7-4-8-15)10-16-14(18)13-9-11-5-2-3-6-12(11)17-13/h2-3,5-6,9,17H,4,7-8,10H2,1H3,(H,16,18). The van der Waals surface area contributed by atoms with Gasteiger partial charge in [-0.2, -0.15) is 11.8 Å². The molecule has 4 heteroatoms. The number of rotatable bonds is 4. The van der Waals surface area contributed by atoms with E-state index in [0.717, 1.165) is 17.4 Å². The van der Waals surface area contributed by atoms with Crippen LogP contribution in [0.2, 0.25) is 0 Å². The van der Waals surface area contributed by atoms with E-state index in [1.54, 1.807) is 0 Å². The van der Waals surface area contributed by atoms with Crippen LogP contribution in [0.5, 0.6) is 0 Å². The molecule has 2 N–H and O–H groups in total. The molecule has 2 aromatic rings. The number of amides is 1. The molecule has 1 aromatic carbocycles. The summed E-state index contributed by atoms with van der Waals surface area (Å²) in [6, 6.07) is 9.86. The van der Waals surface area contributed by atoms with Crippen LogP contribution in [0.25, 0.3) is 10.9 Å². The van der Waals surface area contributed by atoms with Crippen molar-refractivity contribution in [1.29, 1.82) is 0 Å². The molecule has 1 saturated carbocycles. The van der Waals surface area contributed by atoms with Crippen molar-refractivity contribution in [2.24, 2.45) is 0 Å². The van der Waals surface area contributed by atoms with Crippen LogP contribution in [0.3, 0.4) is 0 Å². The maximum Gasteiger partial charge on any atom is 0.267 e. The lowest BCUT2D eigenvalue weighted by Crippen LogP contribution is -2.45. The first-order valence-electron chi connectivity index (χ1n) is 6.64. The van der Waals surface area contributed by atoms with Crippen molar-refractivity contribution in [2.75, 3.05) is 12.8 Å². The monoisotopic (exact) mass is 274 g/mol. The summed E-state index contributed by atoms with van der Waals surface area (Å²) in [7, 11) is 0. The van der Waals surface area contributed by atoms with Gasteiger partial charge in [-0.1, -0.05) is 24.6 Å². The molecular formula is C15H18N2OS. The average molecular weight is 274 g/mol. The van der Waals surface area contributed by atoms with Gasteiger partial charge in [0, 0.05) is 22.2 Å². The van der Waals surface area contributed by atoms with Gasteiger partial charge in [-0.25, -0.2) is 0 Å². The Labute approximate surface area is 117 Å². The molecule has 0 unspecified atom stereocenters. The first-order valence-corrected chi connectivity index (χ1v) is 7.86. The maximum atomic E-state index is 12.2. The highest BCUT2D eigenvalue weighted by atomic mass is 32.2. The van der Waals surface area contributed by atoms with E-state index >= 15 is 0 Å². The van der Waals surface area contributed by atoms with Crippen LogP contribution in [0.15, 0.2) is 30.3 Å². The van der Waals surface area contributed by atoms with Crippen LogP contribution in [0, 0.1) is 0 Å². The fourth-order valence-electron chi connectivity index (χ4n) is 2.56. The van der Waals surface area contributed by atoms with Crippen LogP contribution in [-0.4, -0.2) is 28.4 Å². The van der Waals surface area contributed by atoms with Gasteiger partial charge in [-0.05, 0) is 31.2 Å². The Morgan fingerprint density at radius 2 is 2.21 bits per heavy atom. The van der Waals surface area contributed by atoms with E-state index in [9.17, 15) is 4.79 Å². The molecule has 0 saturated heterocycles. The molecule has 19 heavy (non-hydrogen) atoms. The molecule has 1 heterocycles. The predicted molar refractivity (Wildman–Crippen MR) is 80.7 cm³/mol. The minimum absolute atomic E-state index is 0.00322. The molecule has 3 rings (SSSR count). The Kier molecular flexibility index (Phi) is 3.27. The summed E-state index contributed by atoms with van der Waals surface area (Å²) in [5.74, 6) is -0.00322. The van der Waals surface area contributed by atoms with E-state index < -0.39 is 0 Å². The van der Waals surface area contributed by atoms with Gasteiger partial charge in [-0.15, -0.1) is 0 Å². The number of hydrogen-bond acceptors (Lipinski definition) is 2. The van der Waals surface area contributed by atoms with E-state index in [1.807, 2.05) is 42.1 Å². The highest BCUT2D eigenvalue weighted by Crippen LogP contribution is 2.42. The first kappa shape index (κ1) is 12.6. The number of aromatic nitrogens is 1. The van der Waals surface area contributed by atoms with Crippen molar-refractivity contribution in [3.05, 3.63) is 36.0 Å². The van der Waals surface area contributed by atoms with E-state index in [-0.39, 0.29) is 10.7 Å². The van der Waals surface area contributed by atoms with E-state index in [4.69, 9.17) is 0 Å². The van der Waals surface area contributed by atoms with E-state index in [2.05, 4.69) is 16.6 Å². The topological polar surface area (TPSA) is 44.9 Å². The number of aromatic amines is 1. The summed E-state index contributed by atoms with van der Waals surface area (Å²) in [6.45, 7) is 0.766. The van der Waals surface area contributed by atoms with Crippen LogP contribution in [-0.2, 0) is 0 Å². The Balaban J connectivity index is 1.70. The highest BCUT2D eigenvalue weighted by molar-refractivity contribution is 8.00. The molecule has 1 aromatic heterocycles. The van der Waals surface area contributed by atoms with Crippen molar-refractivity contribution in [2.45, 2.75) is 24.0 Å². The summed E-state index contributed by atoms with van der Waals surface area (Å²) in [5.41, 5.74) is 1.66. The van der Waals surface area contributed by atoms with E-state index in [0.29, 0.717) is 5.69 Å². The zero-order valence-corrected chi connectivity index (χ0v) is 11.8. The van der Waals surface area contributed by atoms with Gasteiger partial charge in [-0.3, -0.25) is 4.79 Å². The minimum atomic E-state index is -0.00322. The second-order valence-corrected chi connectivity index (χ2v) is 6.47. The molecule has 1 fully saturated rings. The smallest absolute Gasteiger partial charge is 0.267 e. The molecule has 0 atom stereocenters. The number of H-pyrrole nitrogens is 1. The minimum Gasteiger partial charge on any atom is -0.351 e. The lowest BCUT2D eigenvalue weighted by Gasteiger charge is -2.40. The van der Waals surface area contributed by atoms with Gasteiger partial charge in [0.25, 0.3) is 5.91 Å². The van der Waals surface area contributed by atoms with Gasteiger partial charge >= 0.3 is 0 Å². The summed E-state index contributed by atoms with van der Waals surface area (Å²) in [5, 5.41) is 4.14. The summed E-state index contributed by atoms with van der Waals surface area (Å²) >= 11 is 1.88. The van der Waals surface area contributed by atoms with Gasteiger partial charge in [0.1, 0.15) is 5.69 Å². The third kappa shape index (κ3) is 2.37. The summed E-state index contributed by atoms with van der Waals surface area (Å²) in [4.78, 5) is 15.3. The van der Waals surface area contributed by atoms with Gasteiger partial charge in [0.2, 0.25) is 0 Å². The summed E-state index contributed by atoms with van der Waals surface area (Å²) in [6.07, 6.45) is 5.83. The predicted octanol–water partition coefficient (Wildman–Crippen LogP) is 3.18. The van der Waals surface area contributed by atoms with Crippen LogP contribution in [0.1, 0.15) is 29.8 Å². The number of hydrogen-bond donors (Lipinski definition) is 2. The molecular weight excluding hydrogens is 256 g/mol. The Morgan fingerprint density at radius 3 is 2.84 bits per heavy atom. The Morgan fingerprint density at radius 1 is 1.42 bits per heavy atom. The third-order valence-corrected chi connectivity index (χ3v) is 5.46. The van der Waals surface area contributed by atoms with Crippen LogP contribution >= 0.6 is 11.8 Å². The van der Waals surface area contributed by atoms with Crippen molar-refractivity contribution < 1.29 is 4.79 Å². The SMILES string of the molecule is CSC1(CNC(=O)c2cc3ccccc3[nH]2)CCC1. The third-order valence-electron chi connectivity index (χ3n) is 4.04. The molecule has 0 aliphatic heterocycles. The maximum absolute atomic E-state index is 12.2. The summed E-state index contributed by atoms with van der Waals surface area (Å²) < 4.78 is 0.279. The fraction of sp³-hybridized carbons (Fsp3) is 0.400. The fourth-order valence-corrected chi connectivity index (χ4v) is 3.47. The van der Waals surface area contributed by atoms with Gasteiger partial charge in [0.05, 0.1) is 0 Å². The van der Waals surface area contributed by atoms with Crippen molar-refractivity contribution >= 4 is 28.6 Å². The number of fused-ring (bicyclic) bond motifs is 1. The lowest BCUT2D eigenvalue weighted by atomic mass is 9.84. The molecule has 1 aliphatic rings. The Hall–Kier alpha value is -1.42. The van der Waals surface area contributed by atoms with Crippen molar-refractivity contribution in [1.82, 2.24) is 10.3 Å². The van der Waals surface area contributed by atoms with Crippen molar-refractivity contribution in [3.63, 3.8) is 0 Å². The van der Waals surface area contributed by atoms with Crippen molar-refractivity contribution in [3.8, 4) is 0 Å². The zero-order valence-electron chi connectivity index (χ0n) is 11.0. The lowest BCUT2D eigenvalue weighted by molar-refractivity contribution is 0.0940. The highest BCUT2D eigenvalue weighted by Gasteiger charge is 2.36. The largest absolute Gasteiger partial charge is 0.351 e. The molecule has 3 nitrogen and oxygen atoms in total. The zero-order chi connectivity index (χ0) is 13.3. The number of para-hydroxylation sites is 1. The van der Waals surface area contributed by atoms with Gasteiger partial charge in [0.15, 0.2) is 0 Å². The number of carbonyl (C=O) groups excluding carboxylic acids is 1. The quantitative estimate of drug-likeness (QED) is 0.899. The first-order chi connectivity index (χ1) is 9.22. The van der Waals surface area contributed by atoms with E-state index in [1.165, 1.54) is 19.3 Å². The molecule has 0 radical (unpaired) electrons. The number of carbonyl (C=O) groups is 1. The molecule has 0 bridgehead atoms. The Bertz CT molecular complexity index is 562. The molecule has 1 aliphatic carbocycles. The number of thioether (sulfide) groups is 1. The number of benzene rings is 1.